The minimum absolute atomic E-state index is 0.218. The Morgan fingerprint density at radius 1 is 1.59 bits per heavy atom. The van der Waals surface area contributed by atoms with E-state index in [0.717, 1.165) is 12.6 Å². The highest BCUT2D eigenvalue weighted by atomic mass is 31.2. The quantitative estimate of drug-likeness (QED) is 0.730. The fourth-order valence-corrected chi connectivity index (χ4v) is 4.06. The largest absolute Gasteiger partial charge is 0.387 e. The second-order valence-corrected chi connectivity index (χ2v) is 11.2. The SMILES string of the molecule is C=C1NC(=O)C=CN1[C@@H]1O[C@@]2(CCP(=C)(C)C)CO[C@@H]1C2O. The third kappa shape index (κ3) is 2.65. The van der Waals surface area contributed by atoms with Gasteiger partial charge in [0.2, 0.25) is 0 Å². The molecule has 0 aromatic carbocycles. The fraction of sp³-hybridized carbons (Fsp3) is 0.600. The van der Waals surface area contributed by atoms with Crippen LogP contribution in [0.3, 0.4) is 0 Å². The van der Waals surface area contributed by atoms with Crippen LogP contribution in [0.4, 0.5) is 0 Å². The molecule has 0 aromatic heterocycles. The molecule has 22 heavy (non-hydrogen) atoms. The lowest BCUT2D eigenvalue weighted by Crippen LogP contribution is -2.49. The van der Waals surface area contributed by atoms with E-state index in [9.17, 15) is 9.90 Å². The molecule has 1 unspecified atom stereocenters. The van der Waals surface area contributed by atoms with Crippen LogP contribution in [0.2, 0.25) is 0 Å². The van der Waals surface area contributed by atoms with E-state index in [1.807, 2.05) is 0 Å². The predicted octanol–water partition coefficient (Wildman–Crippen LogP) is 0.357. The highest BCUT2D eigenvalue weighted by Gasteiger charge is 2.62. The first kappa shape index (κ1) is 15.8. The zero-order valence-electron chi connectivity index (χ0n) is 13.0. The Bertz CT molecular complexity index is 584. The van der Waals surface area contributed by atoms with Crippen molar-refractivity contribution in [1.29, 1.82) is 0 Å². The molecule has 3 heterocycles. The van der Waals surface area contributed by atoms with Crippen LogP contribution in [-0.4, -0.2) is 72.3 Å². The molecule has 122 valence electrons. The van der Waals surface area contributed by atoms with Crippen LogP contribution in [-0.2, 0) is 14.3 Å². The number of nitrogens with zero attached hydrogens (tertiary/aromatic N) is 1. The molecule has 0 radical (unpaired) electrons. The Labute approximate surface area is 130 Å². The molecule has 3 aliphatic heterocycles. The highest BCUT2D eigenvalue weighted by Crippen LogP contribution is 2.47. The lowest BCUT2D eigenvalue weighted by Gasteiger charge is -2.38. The fourth-order valence-electron chi connectivity index (χ4n) is 3.07. The van der Waals surface area contributed by atoms with E-state index in [-0.39, 0.29) is 5.91 Å². The number of aliphatic hydroxyl groups excluding tert-OH is 1. The number of hydrogen-bond acceptors (Lipinski definition) is 5. The molecule has 1 amide bonds. The van der Waals surface area contributed by atoms with Gasteiger partial charge >= 0.3 is 0 Å². The lowest BCUT2D eigenvalue weighted by molar-refractivity contribution is -0.182. The lowest BCUT2D eigenvalue weighted by atomic mass is 9.96. The van der Waals surface area contributed by atoms with Crippen LogP contribution in [0.25, 0.3) is 0 Å². The van der Waals surface area contributed by atoms with Gasteiger partial charge < -0.3 is 24.8 Å². The van der Waals surface area contributed by atoms with Crippen LogP contribution >= 0.6 is 6.89 Å². The van der Waals surface area contributed by atoms with E-state index in [2.05, 4.69) is 31.5 Å². The Morgan fingerprint density at radius 3 is 2.95 bits per heavy atom. The van der Waals surface area contributed by atoms with Crippen LogP contribution in [0.15, 0.2) is 24.7 Å². The standard InChI is InChI=1S/C15H23N2O4P/c1-10-16-11(18)5-7-17(10)14-12-13(19)15(21-14,9-20-12)6-8-22(2,3)4/h5,7,12-14,19H,1-2,6,8-9H2,3-4H3,(H,16,18)/t12-,13?,14-,15+/m1/s1. The summed E-state index contributed by atoms with van der Waals surface area (Å²) >= 11 is 0. The van der Waals surface area contributed by atoms with Gasteiger partial charge in [0.05, 0.1) is 6.61 Å². The second kappa shape index (κ2) is 5.24. The normalized spacial score (nSPS) is 37.8. The van der Waals surface area contributed by atoms with E-state index in [0.29, 0.717) is 12.4 Å². The monoisotopic (exact) mass is 326 g/mol. The number of ether oxygens (including phenoxy) is 2. The Hall–Kier alpha value is -1.07. The van der Waals surface area contributed by atoms with Crippen LogP contribution in [0, 0.1) is 0 Å². The predicted molar refractivity (Wildman–Crippen MR) is 87.0 cm³/mol. The first-order valence-corrected chi connectivity index (χ1v) is 10.4. The van der Waals surface area contributed by atoms with Gasteiger partial charge in [0.25, 0.3) is 5.91 Å². The van der Waals surface area contributed by atoms with E-state index in [4.69, 9.17) is 9.47 Å². The number of carbonyl (C=O) groups excluding carboxylic acids is 1. The van der Waals surface area contributed by atoms with Crippen molar-refractivity contribution in [1.82, 2.24) is 10.2 Å². The van der Waals surface area contributed by atoms with Crippen molar-refractivity contribution in [3.8, 4) is 0 Å². The third-order valence-electron chi connectivity index (χ3n) is 4.39. The third-order valence-corrected chi connectivity index (χ3v) is 5.82. The van der Waals surface area contributed by atoms with Gasteiger partial charge in [0.15, 0.2) is 6.23 Å². The molecular formula is C15H23N2O4P. The summed E-state index contributed by atoms with van der Waals surface area (Å²) in [6.45, 7) is 7.35. The van der Waals surface area contributed by atoms with Gasteiger partial charge in [-0.05, 0) is 25.9 Å². The van der Waals surface area contributed by atoms with E-state index in [1.165, 1.54) is 6.08 Å². The van der Waals surface area contributed by atoms with Crippen molar-refractivity contribution in [2.24, 2.45) is 0 Å². The Morgan fingerprint density at radius 2 is 2.32 bits per heavy atom. The van der Waals surface area contributed by atoms with Crippen molar-refractivity contribution in [3.05, 3.63) is 24.7 Å². The van der Waals surface area contributed by atoms with Crippen molar-refractivity contribution in [3.63, 3.8) is 0 Å². The number of rotatable bonds is 4. The van der Waals surface area contributed by atoms with Crippen LogP contribution in [0.5, 0.6) is 0 Å². The van der Waals surface area contributed by atoms with Crippen molar-refractivity contribution in [2.75, 3.05) is 26.1 Å². The van der Waals surface area contributed by atoms with Crippen LogP contribution < -0.4 is 5.32 Å². The molecule has 0 aliphatic carbocycles. The Balaban J connectivity index is 1.78. The maximum atomic E-state index is 11.3. The zero-order valence-corrected chi connectivity index (χ0v) is 13.9. The van der Waals surface area contributed by atoms with E-state index in [1.54, 1.807) is 11.1 Å². The van der Waals surface area contributed by atoms with E-state index >= 15 is 0 Å². The molecule has 7 heteroatoms. The summed E-state index contributed by atoms with van der Waals surface area (Å²) in [5.74, 6) is 0.213. The molecule has 2 saturated heterocycles. The second-order valence-electron chi connectivity index (χ2n) is 6.86. The van der Waals surface area contributed by atoms with Gasteiger partial charge in [-0.2, -0.15) is 0 Å². The average molecular weight is 326 g/mol. The molecule has 3 rings (SSSR count). The summed E-state index contributed by atoms with van der Waals surface area (Å²) in [4.78, 5) is 13.0. The molecule has 6 nitrogen and oxygen atoms in total. The maximum Gasteiger partial charge on any atom is 0.250 e. The number of amides is 1. The Kier molecular flexibility index (Phi) is 3.76. The molecule has 3 aliphatic rings. The minimum atomic E-state index is -1.20. The summed E-state index contributed by atoms with van der Waals surface area (Å²) < 4.78 is 11.9. The molecule has 0 aromatic rings. The summed E-state index contributed by atoms with van der Waals surface area (Å²) in [5.41, 5.74) is -0.681. The summed E-state index contributed by atoms with van der Waals surface area (Å²) in [5, 5.41) is 13.2. The van der Waals surface area contributed by atoms with Crippen molar-refractivity contribution in [2.45, 2.75) is 30.5 Å². The number of fused-ring (bicyclic) bond motifs is 2. The smallest absolute Gasteiger partial charge is 0.250 e. The number of hydrogen-bond donors (Lipinski definition) is 2. The zero-order chi connectivity index (χ0) is 16.1. The van der Waals surface area contributed by atoms with Gasteiger partial charge in [-0.15, -0.1) is 13.2 Å². The van der Waals surface area contributed by atoms with Crippen molar-refractivity contribution >= 4 is 19.1 Å². The maximum absolute atomic E-state index is 11.3. The number of aliphatic hydroxyl groups is 1. The highest BCUT2D eigenvalue weighted by molar-refractivity contribution is 7.72. The minimum Gasteiger partial charge on any atom is -0.387 e. The topological polar surface area (TPSA) is 71.0 Å². The summed E-state index contributed by atoms with van der Waals surface area (Å²) in [7, 11) is 0. The first-order chi connectivity index (χ1) is 10.2. The average Bonchev–Trinajstić information content (AvgIpc) is 2.87. The van der Waals surface area contributed by atoms with Gasteiger partial charge in [0.1, 0.15) is 23.6 Å². The van der Waals surface area contributed by atoms with Crippen LogP contribution in [0.1, 0.15) is 6.42 Å². The molecule has 2 bridgehead atoms. The molecular weight excluding hydrogens is 303 g/mol. The van der Waals surface area contributed by atoms with Gasteiger partial charge in [-0.25, -0.2) is 0 Å². The molecule has 2 N–H and O–H groups in total. The van der Waals surface area contributed by atoms with Gasteiger partial charge in [-0.1, -0.05) is 6.58 Å². The summed E-state index contributed by atoms with van der Waals surface area (Å²) in [6, 6.07) is 0. The van der Waals surface area contributed by atoms with Crippen molar-refractivity contribution < 1.29 is 19.4 Å². The van der Waals surface area contributed by atoms with Gasteiger partial charge in [-0.3, -0.25) is 4.79 Å². The summed E-state index contributed by atoms with van der Waals surface area (Å²) in [6.07, 6.45) is 7.31. The number of carbonyl (C=O) groups is 1. The molecule has 4 atom stereocenters. The number of nitrogens with one attached hydrogen (secondary N) is 1. The van der Waals surface area contributed by atoms with Gasteiger partial charge in [0, 0.05) is 12.3 Å². The van der Waals surface area contributed by atoms with E-state index < -0.39 is 30.9 Å². The molecule has 0 saturated carbocycles. The molecule has 2 fully saturated rings. The molecule has 0 spiro atoms. The first-order valence-electron chi connectivity index (χ1n) is 7.33.